The third kappa shape index (κ3) is 7.99. The number of hydrogen-bond donors (Lipinski definition) is 3. The molecule has 0 aliphatic carbocycles. The maximum Gasteiger partial charge on any atom is 0.325 e. The molecule has 1 aromatic heterocycles. The Hall–Kier alpha value is -3.03. The number of aliphatic hydroxyl groups excluding tert-OH is 1. The Kier molecular flexibility index (Phi) is 10.3. The molecule has 0 bridgehead atoms. The number of amides is 2. The number of aryl methyl sites for hydroxylation is 1. The zero-order valence-electron chi connectivity index (χ0n) is 22.0. The minimum atomic E-state index is -0.628. The highest BCUT2D eigenvalue weighted by Gasteiger charge is 2.38. The van der Waals surface area contributed by atoms with Crippen molar-refractivity contribution >= 4 is 40.8 Å². The van der Waals surface area contributed by atoms with Gasteiger partial charge in [0.1, 0.15) is 11.6 Å². The number of esters is 1. The zero-order valence-corrected chi connectivity index (χ0v) is 23.6. The lowest BCUT2D eigenvalue weighted by atomic mass is 9.91. The molecule has 1 aliphatic rings. The molecule has 4 rings (SSSR count). The van der Waals surface area contributed by atoms with Crippen LogP contribution in [0, 0.1) is 12.8 Å². The molecule has 208 valence electrons. The van der Waals surface area contributed by atoms with Crippen molar-refractivity contribution < 1.29 is 28.9 Å². The van der Waals surface area contributed by atoms with Crippen molar-refractivity contribution in [3.8, 4) is 0 Å². The highest BCUT2D eigenvalue weighted by atomic mass is 32.2. The van der Waals surface area contributed by atoms with Crippen molar-refractivity contribution in [1.29, 1.82) is 0 Å². The lowest BCUT2D eigenvalue weighted by Crippen LogP contribution is -2.38. The molecule has 2 amide bonds. The van der Waals surface area contributed by atoms with Crippen LogP contribution < -0.4 is 10.6 Å². The quantitative estimate of drug-likeness (QED) is 0.235. The van der Waals surface area contributed by atoms with E-state index in [-0.39, 0.29) is 37.9 Å². The summed E-state index contributed by atoms with van der Waals surface area (Å²) in [6.07, 6.45) is -0.992. The number of urea groups is 1. The number of aliphatic hydroxyl groups is 1. The number of aromatic nitrogens is 2. The first kappa shape index (κ1) is 29.0. The Morgan fingerprint density at radius 3 is 2.44 bits per heavy atom. The van der Waals surface area contributed by atoms with Gasteiger partial charge in [-0.3, -0.25) is 4.79 Å². The summed E-state index contributed by atoms with van der Waals surface area (Å²) < 4.78 is 18.6. The smallest absolute Gasteiger partial charge is 0.325 e. The number of benzene rings is 2. The molecule has 10 nitrogen and oxygen atoms in total. The molecule has 1 aliphatic heterocycles. The van der Waals surface area contributed by atoms with Gasteiger partial charge in [-0.2, -0.15) is 0 Å². The van der Waals surface area contributed by atoms with E-state index in [4.69, 9.17) is 14.2 Å². The maximum atomic E-state index is 12.1. The lowest BCUT2D eigenvalue weighted by Gasteiger charge is -2.41. The summed E-state index contributed by atoms with van der Waals surface area (Å²) in [6, 6.07) is 14.4. The second-order valence-corrected chi connectivity index (χ2v) is 11.4. The number of carbonyl (C=O) groups excluding carboxylic acids is 2. The third-order valence-electron chi connectivity index (χ3n) is 6.14. The number of nitrogens with zero attached hydrogens (tertiary/aromatic N) is 2. The van der Waals surface area contributed by atoms with Crippen molar-refractivity contribution in [3.05, 3.63) is 70.2 Å². The monoisotopic (exact) mass is 572 g/mol. The largest absolute Gasteiger partial charge is 0.465 e. The number of nitrogens with one attached hydrogen (secondary N) is 2. The molecule has 1 fully saturated rings. The minimum absolute atomic E-state index is 0.0190. The summed E-state index contributed by atoms with van der Waals surface area (Å²) in [7, 11) is 0. The fraction of sp³-hybridized carbons (Fsp3) is 0.407. The fourth-order valence-electron chi connectivity index (χ4n) is 4.06. The van der Waals surface area contributed by atoms with Crippen molar-refractivity contribution in [1.82, 2.24) is 15.5 Å². The molecule has 4 unspecified atom stereocenters. The number of anilines is 1. The number of rotatable bonds is 10. The topological polar surface area (TPSA) is 132 Å². The van der Waals surface area contributed by atoms with Crippen LogP contribution in [-0.2, 0) is 25.6 Å². The van der Waals surface area contributed by atoms with Crippen LogP contribution in [0.2, 0.25) is 0 Å². The molecule has 3 aromatic rings. The van der Waals surface area contributed by atoms with E-state index in [1.165, 1.54) is 0 Å². The van der Waals surface area contributed by atoms with Crippen molar-refractivity contribution in [3.63, 3.8) is 0 Å². The van der Waals surface area contributed by atoms with Gasteiger partial charge in [0.05, 0.1) is 25.4 Å². The number of thioether (sulfide) groups is 1. The van der Waals surface area contributed by atoms with E-state index in [0.29, 0.717) is 11.4 Å². The van der Waals surface area contributed by atoms with E-state index < -0.39 is 18.3 Å². The van der Waals surface area contributed by atoms with Gasteiger partial charge in [0.25, 0.3) is 0 Å². The summed E-state index contributed by atoms with van der Waals surface area (Å²) >= 11 is 3.17. The Bertz CT molecular complexity index is 1240. The van der Waals surface area contributed by atoms with Gasteiger partial charge in [-0.1, -0.05) is 66.4 Å². The van der Waals surface area contributed by atoms with Crippen LogP contribution >= 0.6 is 23.1 Å². The summed E-state index contributed by atoms with van der Waals surface area (Å²) in [5.74, 6) is 0.228. The van der Waals surface area contributed by atoms with Crippen molar-refractivity contribution in [2.45, 2.75) is 50.2 Å². The standard InChI is InChI=1S/C27H32N4O6S2/c1-4-35-23(33)13-28-26(34)29-21-11-9-20(10-12-21)25-36-22(15-38-27-31-30-17(3)39-27)16(2)24(37-25)19-7-5-18(14-32)6-8-19/h5-12,16,22,24-25,32H,4,13-15H2,1-3H3,(H2,28,29,34). The van der Waals surface area contributed by atoms with Crippen LogP contribution in [-0.4, -0.2) is 52.3 Å². The second-order valence-electron chi connectivity index (χ2n) is 8.95. The molecule has 3 N–H and O–H groups in total. The molecule has 0 saturated carbocycles. The Labute approximate surface area is 235 Å². The fourth-order valence-corrected chi connectivity index (χ4v) is 6.07. The Balaban J connectivity index is 1.46. The molecule has 2 heterocycles. The molecule has 4 atom stereocenters. The van der Waals surface area contributed by atoms with Crippen LogP contribution in [0.5, 0.6) is 0 Å². The molecular formula is C27H32N4O6S2. The van der Waals surface area contributed by atoms with Crippen LogP contribution in [0.15, 0.2) is 52.9 Å². The van der Waals surface area contributed by atoms with E-state index in [1.807, 2.05) is 43.3 Å². The predicted octanol–water partition coefficient (Wildman–Crippen LogP) is 4.61. The van der Waals surface area contributed by atoms with Gasteiger partial charge in [-0.05, 0) is 37.1 Å². The number of hydrogen-bond acceptors (Lipinski definition) is 10. The number of ether oxygens (including phenoxy) is 3. The predicted molar refractivity (Wildman–Crippen MR) is 148 cm³/mol. The molecule has 0 spiro atoms. The van der Waals surface area contributed by atoms with Crippen molar-refractivity contribution in [2.75, 3.05) is 24.2 Å². The van der Waals surface area contributed by atoms with Crippen LogP contribution in [0.4, 0.5) is 10.5 Å². The van der Waals surface area contributed by atoms with E-state index in [9.17, 15) is 14.7 Å². The first-order chi connectivity index (χ1) is 18.9. The van der Waals surface area contributed by atoms with Gasteiger partial charge < -0.3 is 30.0 Å². The summed E-state index contributed by atoms with van der Waals surface area (Å²) in [5, 5.41) is 23.8. The van der Waals surface area contributed by atoms with Gasteiger partial charge in [0.15, 0.2) is 10.6 Å². The molecule has 39 heavy (non-hydrogen) atoms. The molecule has 2 aromatic carbocycles. The van der Waals surface area contributed by atoms with Crippen LogP contribution in [0.3, 0.4) is 0 Å². The first-order valence-electron chi connectivity index (χ1n) is 12.6. The molecule has 12 heteroatoms. The van der Waals surface area contributed by atoms with Crippen molar-refractivity contribution in [2.24, 2.45) is 5.92 Å². The molecule has 0 radical (unpaired) electrons. The normalized spacial score (nSPS) is 20.8. The van der Waals surface area contributed by atoms with Gasteiger partial charge in [-0.15, -0.1) is 10.2 Å². The summed E-state index contributed by atoms with van der Waals surface area (Å²) in [5.41, 5.74) is 3.20. The van der Waals surface area contributed by atoms with Crippen LogP contribution in [0.25, 0.3) is 0 Å². The first-order valence-corrected chi connectivity index (χ1v) is 14.4. The Morgan fingerprint density at radius 1 is 1.08 bits per heavy atom. The SMILES string of the molecule is CCOC(=O)CNC(=O)Nc1ccc(C2OC(CSc3nnc(C)s3)C(C)C(c3ccc(CO)cc3)O2)cc1. The summed E-state index contributed by atoms with van der Waals surface area (Å²) in [4.78, 5) is 23.6. The maximum absolute atomic E-state index is 12.1. The second kappa shape index (κ2) is 13.9. The highest BCUT2D eigenvalue weighted by Crippen LogP contribution is 2.43. The molecule has 1 saturated heterocycles. The van der Waals surface area contributed by atoms with E-state index in [0.717, 1.165) is 26.0 Å². The lowest BCUT2D eigenvalue weighted by molar-refractivity contribution is -0.268. The third-order valence-corrected chi connectivity index (χ3v) is 8.20. The molecular weight excluding hydrogens is 540 g/mol. The van der Waals surface area contributed by atoms with Crippen LogP contribution in [0.1, 0.15) is 47.9 Å². The van der Waals surface area contributed by atoms with Gasteiger partial charge in [-0.25, -0.2) is 4.79 Å². The Morgan fingerprint density at radius 2 is 1.79 bits per heavy atom. The van der Waals surface area contributed by atoms with Gasteiger partial charge in [0, 0.05) is 22.9 Å². The van der Waals surface area contributed by atoms with E-state index in [1.54, 1.807) is 42.2 Å². The zero-order chi connectivity index (χ0) is 27.8. The number of carbonyl (C=O) groups is 2. The van der Waals surface area contributed by atoms with Gasteiger partial charge >= 0.3 is 12.0 Å². The van der Waals surface area contributed by atoms with Gasteiger partial charge in [0.2, 0.25) is 0 Å². The van der Waals surface area contributed by atoms with E-state index >= 15 is 0 Å². The minimum Gasteiger partial charge on any atom is -0.465 e. The summed E-state index contributed by atoms with van der Waals surface area (Å²) in [6.45, 7) is 5.77. The average molecular weight is 573 g/mol. The average Bonchev–Trinajstić information content (AvgIpc) is 3.37. The van der Waals surface area contributed by atoms with E-state index in [2.05, 4.69) is 27.8 Å². The highest BCUT2D eigenvalue weighted by molar-refractivity contribution is 8.01.